The molecule has 1 aliphatic rings. The Labute approximate surface area is 92.0 Å². The first-order valence-electron chi connectivity index (χ1n) is 4.90. The van der Waals surface area contributed by atoms with Crippen LogP contribution in [-0.2, 0) is 11.2 Å². The average molecular weight is 224 g/mol. The lowest BCUT2D eigenvalue weighted by atomic mass is 10.1. The molecular formula is C10H12N2O2S. The molecule has 2 heterocycles. The maximum Gasteiger partial charge on any atom is 0.367 e. The molecule has 5 heteroatoms. The van der Waals surface area contributed by atoms with Crippen molar-refractivity contribution in [2.24, 2.45) is 4.99 Å². The van der Waals surface area contributed by atoms with Crippen molar-refractivity contribution in [3.8, 4) is 0 Å². The first kappa shape index (κ1) is 10.3. The standard InChI is InChI=1S/C10H12N2O2S/c1-3-14-10(13)9-12-7-4-6(2)11-5-8(7)15-9/h5-6H,3-4H2,1-2H3. The van der Waals surface area contributed by atoms with Crippen molar-refractivity contribution in [1.82, 2.24) is 4.98 Å². The van der Waals surface area contributed by atoms with Gasteiger partial charge in [0.25, 0.3) is 0 Å². The van der Waals surface area contributed by atoms with Gasteiger partial charge in [-0.3, -0.25) is 4.99 Å². The number of hydrogen-bond acceptors (Lipinski definition) is 5. The zero-order valence-corrected chi connectivity index (χ0v) is 9.50. The summed E-state index contributed by atoms with van der Waals surface area (Å²) in [5.41, 5.74) is 0.963. The highest BCUT2D eigenvalue weighted by molar-refractivity contribution is 7.15. The van der Waals surface area contributed by atoms with Gasteiger partial charge in [0.05, 0.1) is 23.2 Å². The molecule has 2 rings (SSSR count). The van der Waals surface area contributed by atoms with E-state index in [4.69, 9.17) is 4.74 Å². The van der Waals surface area contributed by atoms with E-state index in [1.54, 1.807) is 13.1 Å². The number of carbonyl (C=O) groups excluding carboxylic acids is 1. The zero-order chi connectivity index (χ0) is 10.8. The Morgan fingerprint density at radius 2 is 2.53 bits per heavy atom. The highest BCUT2D eigenvalue weighted by atomic mass is 32.1. The van der Waals surface area contributed by atoms with Gasteiger partial charge in [0, 0.05) is 12.6 Å². The smallest absolute Gasteiger partial charge is 0.367 e. The largest absolute Gasteiger partial charge is 0.461 e. The van der Waals surface area contributed by atoms with E-state index < -0.39 is 0 Å². The fourth-order valence-corrected chi connectivity index (χ4v) is 2.29. The van der Waals surface area contributed by atoms with Crippen molar-refractivity contribution in [2.45, 2.75) is 26.3 Å². The van der Waals surface area contributed by atoms with Gasteiger partial charge in [0.15, 0.2) is 0 Å². The van der Waals surface area contributed by atoms with Crippen molar-refractivity contribution in [3.05, 3.63) is 15.6 Å². The highest BCUT2D eigenvalue weighted by Gasteiger charge is 2.20. The SMILES string of the molecule is CCOC(=O)c1nc2c(s1)C=NC(C)C2. The third-order valence-corrected chi connectivity index (χ3v) is 3.12. The number of hydrogen-bond donors (Lipinski definition) is 0. The van der Waals surface area contributed by atoms with Gasteiger partial charge in [-0.05, 0) is 13.8 Å². The predicted octanol–water partition coefficient (Wildman–Crippen LogP) is 1.68. The van der Waals surface area contributed by atoms with Gasteiger partial charge in [-0.2, -0.15) is 0 Å². The second-order valence-electron chi connectivity index (χ2n) is 3.38. The zero-order valence-electron chi connectivity index (χ0n) is 8.69. The van der Waals surface area contributed by atoms with Crippen LogP contribution in [0.1, 0.15) is 34.2 Å². The fourth-order valence-electron chi connectivity index (χ4n) is 1.42. The Balaban J connectivity index is 2.24. The van der Waals surface area contributed by atoms with Crippen molar-refractivity contribution in [2.75, 3.05) is 6.61 Å². The molecule has 0 N–H and O–H groups in total. The van der Waals surface area contributed by atoms with E-state index in [2.05, 4.69) is 9.98 Å². The van der Waals surface area contributed by atoms with Crippen LogP contribution < -0.4 is 0 Å². The Morgan fingerprint density at radius 3 is 3.27 bits per heavy atom. The molecule has 1 unspecified atom stereocenters. The fraction of sp³-hybridized carbons (Fsp3) is 0.500. The number of esters is 1. The summed E-state index contributed by atoms with van der Waals surface area (Å²) in [5.74, 6) is -0.335. The highest BCUT2D eigenvalue weighted by Crippen LogP contribution is 2.22. The van der Waals surface area contributed by atoms with Crippen molar-refractivity contribution in [3.63, 3.8) is 0 Å². The molecule has 1 atom stereocenters. The molecule has 0 saturated carbocycles. The molecule has 0 bridgehead atoms. The molecule has 0 fully saturated rings. The van der Waals surface area contributed by atoms with Crippen LogP contribution >= 0.6 is 11.3 Å². The van der Waals surface area contributed by atoms with Gasteiger partial charge in [-0.25, -0.2) is 9.78 Å². The molecule has 1 aliphatic heterocycles. The minimum atomic E-state index is -0.335. The van der Waals surface area contributed by atoms with Crippen LogP contribution in [0.5, 0.6) is 0 Å². The Kier molecular flexibility index (Phi) is 2.81. The van der Waals surface area contributed by atoms with Crippen LogP contribution in [0, 0.1) is 0 Å². The molecular weight excluding hydrogens is 212 g/mol. The lowest BCUT2D eigenvalue weighted by Gasteiger charge is -2.08. The molecule has 80 valence electrons. The summed E-state index contributed by atoms with van der Waals surface area (Å²) in [7, 11) is 0. The predicted molar refractivity (Wildman–Crippen MR) is 58.8 cm³/mol. The van der Waals surface area contributed by atoms with Crippen LogP contribution in [-0.4, -0.2) is 29.8 Å². The molecule has 15 heavy (non-hydrogen) atoms. The number of fused-ring (bicyclic) bond motifs is 1. The van der Waals surface area contributed by atoms with E-state index in [9.17, 15) is 4.79 Å². The van der Waals surface area contributed by atoms with E-state index in [1.807, 2.05) is 6.92 Å². The summed E-state index contributed by atoms with van der Waals surface area (Å²) < 4.78 is 4.90. The van der Waals surface area contributed by atoms with E-state index in [0.717, 1.165) is 17.0 Å². The monoisotopic (exact) mass is 224 g/mol. The number of carbonyl (C=O) groups is 1. The maximum absolute atomic E-state index is 11.4. The lowest BCUT2D eigenvalue weighted by Crippen LogP contribution is -2.10. The van der Waals surface area contributed by atoms with E-state index >= 15 is 0 Å². The quantitative estimate of drug-likeness (QED) is 0.718. The summed E-state index contributed by atoms with van der Waals surface area (Å²) in [5, 5.41) is 0.433. The van der Waals surface area contributed by atoms with E-state index in [0.29, 0.717) is 11.6 Å². The van der Waals surface area contributed by atoms with Crippen molar-refractivity contribution < 1.29 is 9.53 Å². The molecule has 4 nitrogen and oxygen atoms in total. The van der Waals surface area contributed by atoms with Crippen molar-refractivity contribution in [1.29, 1.82) is 0 Å². The summed E-state index contributed by atoms with van der Waals surface area (Å²) in [6.07, 6.45) is 2.60. The topological polar surface area (TPSA) is 51.5 Å². The molecule has 0 radical (unpaired) electrons. The number of ether oxygens (including phenoxy) is 1. The summed E-state index contributed by atoms with van der Waals surface area (Å²) in [6, 6.07) is 0.259. The first-order valence-corrected chi connectivity index (χ1v) is 5.72. The second-order valence-corrected chi connectivity index (χ2v) is 4.41. The van der Waals surface area contributed by atoms with Crippen LogP contribution in [0.4, 0.5) is 0 Å². The van der Waals surface area contributed by atoms with E-state index in [1.165, 1.54) is 11.3 Å². The summed E-state index contributed by atoms with van der Waals surface area (Å²) >= 11 is 1.35. The number of nitrogens with zero attached hydrogens (tertiary/aromatic N) is 2. The van der Waals surface area contributed by atoms with Gasteiger partial charge in [0.1, 0.15) is 0 Å². The average Bonchev–Trinajstić information content (AvgIpc) is 2.60. The number of thiazole rings is 1. The third kappa shape index (κ3) is 2.07. The van der Waals surface area contributed by atoms with Gasteiger partial charge in [-0.15, -0.1) is 11.3 Å². The Morgan fingerprint density at radius 1 is 1.73 bits per heavy atom. The summed E-state index contributed by atoms with van der Waals surface area (Å²) in [6.45, 7) is 4.20. The lowest BCUT2D eigenvalue weighted by molar-refractivity contribution is 0.0525. The molecule has 0 amide bonds. The van der Waals surface area contributed by atoms with Crippen LogP contribution in [0.25, 0.3) is 0 Å². The van der Waals surface area contributed by atoms with E-state index in [-0.39, 0.29) is 12.0 Å². The minimum absolute atomic E-state index is 0.259. The molecule has 0 spiro atoms. The normalized spacial score (nSPS) is 18.7. The van der Waals surface area contributed by atoms with Crippen LogP contribution in [0.15, 0.2) is 4.99 Å². The molecule has 1 aromatic rings. The molecule has 1 aromatic heterocycles. The van der Waals surface area contributed by atoms with Crippen LogP contribution in [0.3, 0.4) is 0 Å². The molecule has 0 aliphatic carbocycles. The maximum atomic E-state index is 11.4. The minimum Gasteiger partial charge on any atom is -0.461 e. The second kappa shape index (κ2) is 4.10. The van der Waals surface area contributed by atoms with Gasteiger partial charge in [-0.1, -0.05) is 0 Å². The van der Waals surface area contributed by atoms with Gasteiger partial charge >= 0.3 is 5.97 Å². The van der Waals surface area contributed by atoms with Crippen molar-refractivity contribution >= 4 is 23.5 Å². The summed E-state index contributed by atoms with van der Waals surface area (Å²) in [4.78, 5) is 21.0. The Bertz CT molecular complexity index is 412. The first-order chi connectivity index (χ1) is 7.20. The van der Waals surface area contributed by atoms with Crippen LogP contribution in [0.2, 0.25) is 0 Å². The molecule has 0 saturated heterocycles. The number of rotatable bonds is 2. The molecule has 0 aromatic carbocycles. The van der Waals surface area contributed by atoms with Gasteiger partial charge < -0.3 is 4.74 Å². The van der Waals surface area contributed by atoms with Gasteiger partial charge in [0.2, 0.25) is 5.01 Å². The number of aliphatic imine (C=N–C) groups is 1. The third-order valence-electron chi connectivity index (χ3n) is 2.11. The Hall–Kier alpha value is -1.23. The number of aromatic nitrogens is 1.